The molecule has 0 radical (unpaired) electrons. The topological polar surface area (TPSA) is 59.2 Å². The van der Waals surface area contributed by atoms with Gasteiger partial charge in [-0.05, 0) is 64.8 Å². The Morgan fingerprint density at radius 3 is 2.85 bits per heavy atom. The number of amides is 1. The van der Waals surface area contributed by atoms with E-state index in [4.69, 9.17) is 4.42 Å². The van der Waals surface area contributed by atoms with E-state index in [-0.39, 0.29) is 11.7 Å². The van der Waals surface area contributed by atoms with Crippen LogP contribution in [0.4, 0.5) is 5.13 Å². The number of aryl methyl sites for hydroxylation is 1. The molecule has 5 nitrogen and oxygen atoms in total. The molecule has 0 fully saturated rings. The summed E-state index contributed by atoms with van der Waals surface area (Å²) in [7, 11) is 0. The number of anilines is 1. The average molecular weight is 428 g/mol. The van der Waals surface area contributed by atoms with Crippen LogP contribution in [-0.2, 0) is 6.54 Å². The number of thiazole rings is 1. The number of carbonyl (C=O) groups is 1. The van der Waals surface area contributed by atoms with Crippen molar-refractivity contribution in [3.05, 3.63) is 76.4 Å². The second-order valence-electron chi connectivity index (χ2n) is 5.78. The van der Waals surface area contributed by atoms with Gasteiger partial charge in [-0.25, -0.2) is 4.98 Å². The van der Waals surface area contributed by atoms with Crippen LogP contribution in [0.2, 0.25) is 0 Å². The molecule has 0 atom stereocenters. The molecule has 0 unspecified atom stereocenters. The monoisotopic (exact) mass is 427 g/mol. The minimum Gasteiger partial charge on any atom is -0.444 e. The van der Waals surface area contributed by atoms with E-state index in [0.29, 0.717) is 16.3 Å². The van der Waals surface area contributed by atoms with Crippen molar-refractivity contribution in [1.82, 2.24) is 9.97 Å². The molecule has 130 valence electrons. The first kappa shape index (κ1) is 16.9. The highest BCUT2D eigenvalue weighted by molar-refractivity contribution is 9.10. The van der Waals surface area contributed by atoms with E-state index in [9.17, 15) is 4.79 Å². The van der Waals surface area contributed by atoms with Gasteiger partial charge in [-0.15, -0.1) is 0 Å². The molecule has 1 amide bonds. The van der Waals surface area contributed by atoms with Gasteiger partial charge in [0.25, 0.3) is 5.91 Å². The molecule has 0 saturated heterocycles. The van der Waals surface area contributed by atoms with Gasteiger partial charge in [-0.2, -0.15) is 0 Å². The fraction of sp³-hybridized carbons (Fsp3) is 0.105. The number of benzene rings is 1. The predicted molar refractivity (Wildman–Crippen MR) is 106 cm³/mol. The zero-order valence-electron chi connectivity index (χ0n) is 13.8. The Bertz CT molecular complexity index is 1070. The SMILES string of the molecule is Cc1ccc2nc(N(Cc3ccccn3)C(=O)c3ccc(Br)o3)sc2c1. The van der Waals surface area contributed by atoms with Crippen molar-refractivity contribution in [3.8, 4) is 0 Å². The van der Waals surface area contributed by atoms with E-state index in [1.54, 1.807) is 23.2 Å². The molecule has 26 heavy (non-hydrogen) atoms. The average Bonchev–Trinajstić information content (AvgIpc) is 3.25. The summed E-state index contributed by atoms with van der Waals surface area (Å²) in [6.45, 7) is 2.35. The largest absolute Gasteiger partial charge is 0.444 e. The van der Waals surface area contributed by atoms with Crippen molar-refractivity contribution >= 4 is 48.5 Å². The standard InChI is InChI=1S/C19H14BrN3O2S/c1-12-5-6-14-16(10-12)26-19(22-14)23(11-13-4-2-3-9-21-13)18(24)15-7-8-17(20)25-15/h2-10H,11H2,1H3. The smallest absolute Gasteiger partial charge is 0.296 e. The van der Waals surface area contributed by atoms with Crippen molar-refractivity contribution in [3.63, 3.8) is 0 Å². The molecule has 4 rings (SSSR count). The number of carbonyl (C=O) groups excluding carboxylic acids is 1. The van der Waals surface area contributed by atoms with Gasteiger partial charge < -0.3 is 4.42 Å². The van der Waals surface area contributed by atoms with Gasteiger partial charge in [-0.1, -0.05) is 23.5 Å². The van der Waals surface area contributed by atoms with Gasteiger partial charge >= 0.3 is 0 Å². The van der Waals surface area contributed by atoms with Gasteiger partial charge in [-0.3, -0.25) is 14.7 Å². The number of hydrogen-bond acceptors (Lipinski definition) is 5. The third kappa shape index (κ3) is 3.40. The molecular formula is C19H14BrN3O2S. The molecule has 0 aliphatic carbocycles. The number of aromatic nitrogens is 2. The molecule has 7 heteroatoms. The highest BCUT2D eigenvalue weighted by Gasteiger charge is 2.24. The highest BCUT2D eigenvalue weighted by Crippen LogP contribution is 2.31. The van der Waals surface area contributed by atoms with E-state index in [0.717, 1.165) is 21.5 Å². The highest BCUT2D eigenvalue weighted by atomic mass is 79.9. The van der Waals surface area contributed by atoms with Crippen LogP contribution >= 0.6 is 27.3 Å². The fourth-order valence-electron chi connectivity index (χ4n) is 2.58. The molecule has 3 aromatic heterocycles. The molecule has 0 aliphatic rings. The van der Waals surface area contributed by atoms with Crippen LogP contribution in [0.3, 0.4) is 0 Å². The first-order chi connectivity index (χ1) is 12.6. The fourth-order valence-corrected chi connectivity index (χ4v) is 3.95. The van der Waals surface area contributed by atoms with Gasteiger partial charge in [0.15, 0.2) is 15.6 Å². The lowest BCUT2D eigenvalue weighted by Gasteiger charge is -2.18. The first-order valence-electron chi connectivity index (χ1n) is 7.94. The van der Waals surface area contributed by atoms with Gasteiger partial charge in [0.05, 0.1) is 22.5 Å². The minimum absolute atomic E-state index is 0.253. The van der Waals surface area contributed by atoms with Crippen molar-refractivity contribution in [2.45, 2.75) is 13.5 Å². The number of halogens is 1. The van der Waals surface area contributed by atoms with Crippen LogP contribution in [0.15, 0.2) is 63.8 Å². The zero-order chi connectivity index (χ0) is 18.1. The van der Waals surface area contributed by atoms with Crippen molar-refractivity contribution < 1.29 is 9.21 Å². The normalized spacial score (nSPS) is 11.0. The van der Waals surface area contributed by atoms with Crippen molar-refractivity contribution in [2.24, 2.45) is 0 Å². The van der Waals surface area contributed by atoms with Crippen LogP contribution in [0.25, 0.3) is 10.2 Å². The summed E-state index contributed by atoms with van der Waals surface area (Å²) in [6, 6.07) is 15.0. The Kier molecular flexibility index (Phi) is 4.57. The number of hydrogen-bond donors (Lipinski definition) is 0. The maximum Gasteiger partial charge on any atom is 0.296 e. The summed E-state index contributed by atoms with van der Waals surface area (Å²) < 4.78 is 7.01. The van der Waals surface area contributed by atoms with Crippen molar-refractivity contribution in [2.75, 3.05) is 4.90 Å². The number of fused-ring (bicyclic) bond motifs is 1. The number of nitrogens with zero attached hydrogens (tertiary/aromatic N) is 3. The van der Waals surface area contributed by atoms with Crippen molar-refractivity contribution in [1.29, 1.82) is 0 Å². The number of rotatable bonds is 4. The summed E-state index contributed by atoms with van der Waals surface area (Å²) >= 11 is 4.73. The first-order valence-corrected chi connectivity index (χ1v) is 9.55. The number of furan rings is 1. The summed E-state index contributed by atoms with van der Waals surface area (Å²) in [4.78, 5) is 23.6. The summed E-state index contributed by atoms with van der Waals surface area (Å²) in [5.74, 6) is 0.000346. The second kappa shape index (κ2) is 7.01. The van der Waals surface area contributed by atoms with E-state index >= 15 is 0 Å². The van der Waals surface area contributed by atoms with E-state index in [1.165, 1.54) is 11.3 Å². The van der Waals surface area contributed by atoms with Crippen LogP contribution in [0.5, 0.6) is 0 Å². The Balaban J connectivity index is 1.76. The van der Waals surface area contributed by atoms with E-state index in [1.807, 2.05) is 37.3 Å². The maximum absolute atomic E-state index is 13.1. The Hall–Kier alpha value is -2.51. The predicted octanol–water partition coefficient (Wildman–Crippen LogP) is 5.20. The Morgan fingerprint density at radius 2 is 2.12 bits per heavy atom. The molecule has 3 heterocycles. The van der Waals surface area contributed by atoms with E-state index < -0.39 is 0 Å². The third-order valence-electron chi connectivity index (χ3n) is 3.84. The Labute approximate surface area is 162 Å². The van der Waals surface area contributed by atoms with Gasteiger partial charge in [0.2, 0.25) is 0 Å². The molecule has 0 aliphatic heterocycles. The molecule has 0 bridgehead atoms. The van der Waals surface area contributed by atoms with Crippen LogP contribution in [0, 0.1) is 6.92 Å². The third-order valence-corrected chi connectivity index (χ3v) is 5.31. The molecule has 1 aromatic carbocycles. The lowest BCUT2D eigenvalue weighted by molar-refractivity contribution is 0.0957. The quantitative estimate of drug-likeness (QED) is 0.448. The van der Waals surface area contributed by atoms with Gasteiger partial charge in [0, 0.05) is 6.20 Å². The summed E-state index contributed by atoms with van der Waals surface area (Å²) in [5.41, 5.74) is 2.81. The molecule has 0 saturated carbocycles. The summed E-state index contributed by atoms with van der Waals surface area (Å²) in [6.07, 6.45) is 1.71. The Morgan fingerprint density at radius 1 is 1.23 bits per heavy atom. The zero-order valence-corrected chi connectivity index (χ0v) is 16.3. The van der Waals surface area contributed by atoms with Crippen LogP contribution in [0.1, 0.15) is 21.8 Å². The van der Waals surface area contributed by atoms with Gasteiger partial charge in [0.1, 0.15) is 0 Å². The molecule has 0 spiro atoms. The maximum atomic E-state index is 13.1. The van der Waals surface area contributed by atoms with Crippen LogP contribution < -0.4 is 4.90 Å². The molecule has 4 aromatic rings. The second-order valence-corrected chi connectivity index (χ2v) is 7.57. The van der Waals surface area contributed by atoms with E-state index in [2.05, 4.69) is 32.0 Å². The molecular weight excluding hydrogens is 414 g/mol. The van der Waals surface area contributed by atoms with Crippen LogP contribution in [-0.4, -0.2) is 15.9 Å². The lowest BCUT2D eigenvalue weighted by atomic mass is 10.2. The number of pyridine rings is 1. The molecule has 0 N–H and O–H groups in total. The minimum atomic E-state index is -0.253. The summed E-state index contributed by atoms with van der Waals surface area (Å²) in [5, 5.41) is 0.619. The lowest BCUT2D eigenvalue weighted by Crippen LogP contribution is -2.30.